The summed E-state index contributed by atoms with van der Waals surface area (Å²) in [6, 6.07) is 0. The number of hydrogen-bond acceptors (Lipinski definition) is 6. The molecule has 0 aliphatic carbocycles. The molecule has 3 N–H and O–H groups in total. The van der Waals surface area contributed by atoms with Crippen LogP contribution in [0.15, 0.2) is 17.8 Å². The van der Waals surface area contributed by atoms with Crippen molar-refractivity contribution in [2.45, 2.75) is 19.3 Å². The van der Waals surface area contributed by atoms with Gasteiger partial charge in [-0.15, -0.1) is 5.10 Å². The molecule has 0 bridgehead atoms. The number of nitrogens with two attached hydrogens (primary N) is 1. The van der Waals surface area contributed by atoms with E-state index in [1.807, 2.05) is 0 Å². The number of carbonyl (C=O) groups excluding carboxylic acids is 1. The molecule has 98 valence electrons. The van der Waals surface area contributed by atoms with Crippen LogP contribution >= 0.6 is 0 Å². The molecule has 0 unspecified atom stereocenters. The van der Waals surface area contributed by atoms with Crippen molar-refractivity contribution in [3.8, 4) is 0 Å². The highest BCUT2D eigenvalue weighted by molar-refractivity contribution is 5.75. The van der Waals surface area contributed by atoms with Crippen LogP contribution in [0.1, 0.15) is 18.7 Å². The molecule has 0 aliphatic heterocycles. The Labute approximate surface area is 105 Å². The van der Waals surface area contributed by atoms with Gasteiger partial charge in [-0.05, 0) is 23.4 Å². The minimum atomic E-state index is -0.0146. The second-order valence-electron chi connectivity index (χ2n) is 3.48. The average Bonchev–Trinajstić information content (AvgIpc) is 2.81. The van der Waals surface area contributed by atoms with Crippen LogP contribution in [0, 0.1) is 0 Å². The summed E-state index contributed by atoms with van der Waals surface area (Å²) in [5, 5.41) is 13.9. The van der Waals surface area contributed by atoms with Crippen molar-refractivity contribution in [3.05, 3.63) is 18.6 Å². The van der Waals surface area contributed by atoms with Gasteiger partial charge in [0, 0.05) is 25.6 Å². The number of hydrogen-bond donors (Lipinski definition) is 2. The van der Waals surface area contributed by atoms with E-state index in [0.29, 0.717) is 38.2 Å². The third-order valence-corrected chi connectivity index (χ3v) is 2.12. The van der Waals surface area contributed by atoms with Crippen molar-refractivity contribution in [3.63, 3.8) is 0 Å². The van der Waals surface area contributed by atoms with Gasteiger partial charge in [-0.1, -0.05) is 6.58 Å². The molecular weight excluding hydrogens is 234 g/mol. The zero-order chi connectivity index (χ0) is 13.2. The van der Waals surface area contributed by atoms with Crippen LogP contribution in [0.5, 0.6) is 0 Å². The van der Waals surface area contributed by atoms with E-state index < -0.39 is 0 Å². The van der Waals surface area contributed by atoms with E-state index >= 15 is 0 Å². The van der Waals surface area contributed by atoms with Crippen LogP contribution in [0.4, 0.5) is 0 Å². The molecule has 0 aromatic carbocycles. The van der Waals surface area contributed by atoms with Crippen LogP contribution in [0.25, 0.3) is 0 Å². The van der Waals surface area contributed by atoms with E-state index in [9.17, 15) is 4.79 Å². The first-order valence-corrected chi connectivity index (χ1v) is 5.65. The lowest BCUT2D eigenvalue weighted by molar-refractivity contribution is -0.121. The molecule has 0 atom stereocenters. The normalized spacial score (nSPS) is 10.7. The summed E-state index contributed by atoms with van der Waals surface area (Å²) in [5.41, 5.74) is 5.32. The molecule has 8 heteroatoms. The fourth-order valence-corrected chi connectivity index (χ4v) is 1.24. The second kappa shape index (κ2) is 8.07. The molecule has 1 aromatic rings. The second-order valence-corrected chi connectivity index (χ2v) is 3.48. The maximum atomic E-state index is 11.3. The summed E-state index contributed by atoms with van der Waals surface area (Å²) in [4.78, 5) is 15.1. The summed E-state index contributed by atoms with van der Waals surface area (Å²) < 4.78 is 1.44. The van der Waals surface area contributed by atoms with Gasteiger partial charge in [-0.3, -0.25) is 4.79 Å². The molecule has 1 rings (SSSR count). The lowest BCUT2D eigenvalue weighted by atomic mass is 10.3. The maximum absolute atomic E-state index is 11.3. The molecule has 0 saturated heterocycles. The van der Waals surface area contributed by atoms with E-state index in [4.69, 9.17) is 5.73 Å². The molecule has 1 amide bonds. The Morgan fingerprint density at radius 3 is 3.17 bits per heavy atom. The Morgan fingerprint density at radius 1 is 1.61 bits per heavy atom. The third kappa shape index (κ3) is 4.83. The highest BCUT2D eigenvalue weighted by Crippen LogP contribution is 1.91. The highest BCUT2D eigenvalue weighted by atomic mass is 16.1. The number of rotatable bonds is 8. The molecule has 0 spiro atoms. The first kappa shape index (κ1) is 14.0. The predicted octanol–water partition coefficient (Wildman–Crippen LogP) is -0.909. The number of aromatic nitrogens is 4. The molecular formula is C10H17N7O. The fraction of sp³-hybridized carbons (Fsp3) is 0.500. The Hall–Kier alpha value is -2.09. The molecule has 8 nitrogen and oxygen atoms in total. The standard InChI is InChI=1S/C10H17N7O/c1-2-12-8-17-9(14-15-16-17)5-7-13-10(18)4-3-6-11/h2,8H,1,3-7,11H2,(H,13,18)/b12-8-. The van der Waals surface area contributed by atoms with Gasteiger partial charge in [0.05, 0.1) is 0 Å². The van der Waals surface area contributed by atoms with E-state index in [0.717, 1.165) is 0 Å². The van der Waals surface area contributed by atoms with Gasteiger partial charge in [-0.2, -0.15) is 4.68 Å². The minimum absolute atomic E-state index is 0.0146. The molecule has 18 heavy (non-hydrogen) atoms. The summed E-state index contributed by atoms with van der Waals surface area (Å²) in [6.07, 6.45) is 4.51. The summed E-state index contributed by atoms with van der Waals surface area (Å²) in [6.45, 7) is 4.45. The highest BCUT2D eigenvalue weighted by Gasteiger charge is 2.05. The number of carbonyl (C=O) groups is 1. The van der Waals surface area contributed by atoms with Crippen molar-refractivity contribution in [2.24, 2.45) is 10.7 Å². The fourth-order valence-electron chi connectivity index (χ4n) is 1.24. The summed E-state index contributed by atoms with van der Waals surface area (Å²) in [7, 11) is 0. The number of nitrogens with zero attached hydrogens (tertiary/aromatic N) is 5. The summed E-state index contributed by atoms with van der Waals surface area (Å²) in [5.74, 6) is 0.610. The number of aliphatic imine (C=N–C) groups is 1. The molecule has 1 aromatic heterocycles. The monoisotopic (exact) mass is 251 g/mol. The van der Waals surface area contributed by atoms with Gasteiger partial charge in [0.25, 0.3) is 0 Å². The van der Waals surface area contributed by atoms with Crippen LogP contribution in [-0.4, -0.2) is 45.5 Å². The first-order chi connectivity index (χ1) is 8.77. The summed E-state index contributed by atoms with van der Waals surface area (Å²) >= 11 is 0. The number of tetrazole rings is 1. The lowest BCUT2D eigenvalue weighted by Gasteiger charge is -2.03. The van der Waals surface area contributed by atoms with Crippen LogP contribution < -0.4 is 11.1 Å². The first-order valence-electron chi connectivity index (χ1n) is 5.65. The van der Waals surface area contributed by atoms with E-state index in [2.05, 4.69) is 32.4 Å². The predicted molar refractivity (Wildman–Crippen MR) is 66.9 cm³/mol. The van der Waals surface area contributed by atoms with Crippen LogP contribution in [0.3, 0.4) is 0 Å². The molecule has 0 radical (unpaired) electrons. The zero-order valence-electron chi connectivity index (χ0n) is 10.1. The maximum Gasteiger partial charge on any atom is 0.220 e. The van der Waals surface area contributed by atoms with E-state index in [1.54, 1.807) is 0 Å². The average molecular weight is 251 g/mol. The van der Waals surface area contributed by atoms with Gasteiger partial charge >= 0.3 is 0 Å². The quantitative estimate of drug-likeness (QED) is 0.459. The van der Waals surface area contributed by atoms with E-state index in [1.165, 1.54) is 17.2 Å². The lowest BCUT2D eigenvalue weighted by Crippen LogP contribution is -2.26. The smallest absolute Gasteiger partial charge is 0.220 e. The molecule has 0 fully saturated rings. The Morgan fingerprint density at radius 2 is 2.44 bits per heavy atom. The molecule has 1 heterocycles. The van der Waals surface area contributed by atoms with Crippen molar-refractivity contribution in [1.29, 1.82) is 0 Å². The Kier molecular flexibility index (Phi) is 6.26. The topological polar surface area (TPSA) is 111 Å². The van der Waals surface area contributed by atoms with Gasteiger partial charge in [-0.25, -0.2) is 4.99 Å². The van der Waals surface area contributed by atoms with E-state index in [-0.39, 0.29) is 5.91 Å². The van der Waals surface area contributed by atoms with Crippen LogP contribution in [-0.2, 0) is 11.2 Å². The van der Waals surface area contributed by atoms with Gasteiger partial charge in [0.15, 0.2) is 5.82 Å². The van der Waals surface area contributed by atoms with Crippen molar-refractivity contribution >= 4 is 12.2 Å². The number of nitrogens with one attached hydrogen (secondary N) is 1. The zero-order valence-corrected chi connectivity index (χ0v) is 10.1. The minimum Gasteiger partial charge on any atom is -0.356 e. The van der Waals surface area contributed by atoms with Gasteiger partial charge in [0.2, 0.25) is 5.91 Å². The SMILES string of the molecule is C=C/N=C\n1nnnc1CCNC(=O)CCCN. The molecule has 0 aliphatic rings. The van der Waals surface area contributed by atoms with Crippen molar-refractivity contribution in [2.75, 3.05) is 13.1 Å². The number of amides is 1. The van der Waals surface area contributed by atoms with Gasteiger partial charge in [0.1, 0.15) is 6.34 Å². The van der Waals surface area contributed by atoms with Gasteiger partial charge < -0.3 is 11.1 Å². The molecule has 0 saturated carbocycles. The van der Waals surface area contributed by atoms with Crippen molar-refractivity contribution < 1.29 is 4.79 Å². The van der Waals surface area contributed by atoms with Crippen molar-refractivity contribution in [1.82, 2.24) is 25.5 Å². The largest absolute Gasteiger partial charge is 0.356 e. The Balaban J connectivity index is 2.35. The van der Waals surface area contributed by atoms with Crippen LogP contribution in [0.2, 0.25) is 0 Å². The third-order valence-electron chi connectivity index (χ3n) is 2.12. The Bertz CT molecular complexity index is 412.